The molecular weight excluding hydrogens is 372 g/mol. The summed E-state index contributed by atoms with van der Waals surface area (Å²) in [6.45, 7) is 1.95. The lowest BCUT2D eigenvalue weighted by Gasteiger charge is -2.16. The van der Waals surface area contributed by atoms with E-state index in [1.165, 1.54) is 0 Å². The van der Waals surface area contributed by atoms with Crippen LogP contribution in [0.2, 0.25) is 5.02 Å². The number of benzene rings is 3. The minimum absolute atomic E-state index is 0.0535. The molecule has 0 heterocycles. The molecular formula is C23H21ClN2O2. The van der Waals surface area contributed by atoms with Crippen molar-refractivity contribution < 1.29 is 9.59 Å². The predicted octanol–water partition coefficient (Wildman–Crippen LogP) is 4.95. The third-order valence-electron chi connectivity index (χ3n) is 4.30. The van der Waals surface area contributed by atoms with Gasteiger partial charge in [-0.3, -0.25) is 9.59 Å². The molecule has 0 aliphatic carbocycles. The summed E-state index contributed by atoms with van der Waals surface area (Å²) in [6, 6.07) is 23.6. The van der Waals surface area contributed by atoms with Crippen molar-refractivity contribution in [3.63, 3.8) is 0 Å². The molecule has 3 rings (SSSR count). The van der Waals surface area contributed by atoms with E-state index in [9.17, 15) is 9.59 Å². The first-order valence-electron chi connectivity index (χ1n) is 9.04. The molecule has 0 spiro atoms. The van der Waals surface area contributed by atoms with E-state index in [0.717, 1.165) is 12.0 Å². The van der Waals surface area contributed by atoms with Crippen LogP contribution in [-0.2, 0) is 6.42 Å². The molecule has 3 aromatic carbocycles. The van der Waals surface area contributed by atoms with Crippen LogP contribution >= 0.6 is 11.6 Å². The van der Waals surface area contributed by atoms with Crippen molar-refractivity contribution >= 4 is 29.1 Å². The van der Waals surface area contributed by atoms with Gasteiger partial charge in [-0.05, 0) is 43.2 Å². The lowest BCUT2D eigenvalue weighted by atomic mass is 10.1. The van der Waals surface area contributed by atoms with Crippen LogP contribution in [0.4, 0.5) is 5.69 Å². The molecule has 2 amide bonds. The van der Waals surface area contributed by atoms with Crippen molar-refractivity contribution in [2.45, 2.75) is 19.4 Å². The standard InChI is InChI=1S/C23H21ClN2O2/c1-16(15-17-9-3-2-4-10-17)25-23(28)19-12-6-8-14-21(19)26-22(27)18-11-5-7-13-20(18)24/h2-14,16H,15H2,1H3,(H,25,28)(H,26,27)/t16-/m1/s1. The van der Waals surface area contributed by atoms with Gasteiger partial charge in [-0.1, -0.05) is 66.2 Å². The number of para-hydroxylation sites is 1. The molecule has 0 saturated carbocycles. The zero-order valence-corrected chi connectivity index (χ0v) is 16.2. The van der Waals surface area contributed by atoms with E-state index in [-0.39, 0.29) is 17.9 Å². The van der Waals surface area contributed by atoms with E-state index in [2.05, 4.69) is 10.6 Å². The largest absolute Gasteiger partial charge is 0.349 e. The molecule has 3 aromatic rings. The molecule has 0 bridgehead atoms. The number of halogens is 1. The number of rotatable bonds is 6. The third-order valence-corrected chi connectivity index (χ3v) is 4.63. The molecule has 0 aromatic heterocycles. The van der Waals surface area contributed by atoms with Gasteiger partial charge in [0.25, 0.3) is 11.8 Å². The Balaban J connectivity index is 1.71. The maximum atomic E-state index is 12.8. The van der Waals surface area contributed by atoms with Crippen molar-refractivity contribution in [3.8, 4) is 0 Å². The van der Waals surface area contributed by atoms with Crippen LogP contribution < -0.4 is 10.6 Å². The van der Waals surface area contributed by atoms with Crippen molar-refractivity contribution in [2.24, 2.45) is 0 Å². The van der Waals surface area contributed by atoms with Crippen molar-refractivity contribution in [1.29, 1.82) is 0 Å². The van der Waals surface area contributed by atoms with Crippen molar-refractivity contribution in [3.05, 3.63) is 101 Å². The highest BCUT2D eigenvalue weighted by Crippen LogP contribution is 2.20. The summed E-state index contributed by atoms with van der Waals surface area (Å²) in [6.07, 6.45) is 0.723. The predicted molar refractivity (Wildman–Crippen MR) is 113 cm³/mol. The third kappa shape index (κ3) is 4.99. The highest BCUT2D eigenvalue weighted by atomic mass is 35.5. The summed E-state index contributed by atoms with van der Waals surface area (Å²) in [7, 11) is 0. The first-order valence-corrected chi connectivity index (χ1v) is 9.42. The monoisotopic (exact) mass is 392 g/mol. The fourth-order valence-corrected chi connectivity index (χ4v) is 3.17. The molecule has 2 N–H and O–H groups in total. The van der Waals surface area contributed by atoms with Gasteiger partial charge in [-0.2, -0.15) is 0 Å². The maximum absolute atomic E-state index is 12.8. The van der Waals surface area contributed by atoms with Crippen molar-refractivity contribution in [2.75, 3.05) is 5.32 Å². The highest BCUT2D eigenvalue weighted by molar-refractivity contribution is 6.34. The second kappa shape index (κ2) is 9.20. The average molecular weight is 393 g/mol. The van der Waals surface area contributed by atoms with E-state index in [1.54, 1.807) is 48.5 Å². The van der Waals surface area contributed by atoms with Gasteiger partial charge >= 0.3 is 0 Å². The first kappa shape index (κ1) is 19.6. The molecule has 142 valence electrons. The molecule has 0 radical (unpaired) electrons. The van der Waals surface area contributed by atoms with Crippen LogP contribution in [0, 0.1) is 0 Å². The van der Waals surface area contributed by atoms with E-state index < -0.39 is 0 Å². The highest BCUT2D eigenvalue weighted by Gasteiger charge is 2.17. The second-order valence-corrected chi connectivity index (χ2v) is 6.95. The fourth-order valence-electron chi connectivity index (χ4n) is 2.95. The number of carbonyl (C=O) groups is 2. The Hall–Kier alpha value is -3.11. The SMILES string of the molecule is C[C@H](Cc1ccccc1)NC(=O)c1ccccc1NC(=O)c1ccccc1Cl. The van der Waals surface area contributed by atoms with Gasteiger partial charge < -0.3 is 10.6 Å². The maximum Gasteiger partial charge on any atom is 0.257 e. The zero-order valence-electron chi connectivity index (χ0n) is 15.5. The van der Waals surface area contributed by atoms with Crippen LogP contribution in [-0.4, -0.2) is 17.9 Å². The molecule has 4 nitrogen and oxygen atoms in total. The van der Waals surface area contributed by atoms with E-state index in [1.807, 2.05) is 37.3 Å². The van der Waals surface area contributed by atoms with Crippen LogP contribution in [0.1, 0.15) is 33.2 Å². The summed E-state index contributed by atoms with van der Waals surface area (Å²) in [5.41, 5.74) is 2.35. The van der Waals surface area contributed by atoms with Crippen molar-refractivity contribution in [1.82, 2.24) is 5.32 Å². The molecule has 0 aliphatic rings. The second-order valence-electron chi connectivity index (χ2n) is 6.54. The fraction of sp³-hybridized carbons (Fsp3) is 0.130. The summed E-state index contributed by atoms with van der Waals surface area (Å²) in [4.78, 5) is 25.3. The molecule has 0 aliphatic heterocycles. The zero-order chi connectivity index (χ0) is 19.9. The topological polar surface area (TPSA) is 58.2 Å². The Labute approximate surface area is 169 Å². The summed E-state index contributed by atoms with van der Waals surface area (Å²) in [5, 5.41) is 6.14. The molecule has 5 heteroatoms. The van der Waals surface area contributed by atoms with E-state index in [0.29, 0.717) is 21.8 Å². The van der Waals surface area contributed by atoms with Gasteiger partial charge in [-0.15, -0.1) is 0 Å². The number of anilines is 1. The van der Waals surface area contributed by atoms with E-state index >= 15 is 0 Å². The Morgan fingerprint density at radius 1 is 0.821 bits per heavy atom. The number of carbonyl (C=O) groups excluding carboxylic acids is 2. The van der Waals surface area contributed by atoms with Crippen LogP contribution in [0.25, 0.3) is 0 Å². The molecule has 0 unspecified atom stereocenters. The minimum Gasteiger partial charge on any atom is -0.349 e. The van der Waals surface area contributed by atoms with Gasteiger partial charge in [0.1, 0.15) is 0 Å². The summed E-state index contributed by atoms with van der Waals surface area (Å²) >= 11 is 6.09. The van der Waals surface area contributed by atoms with E-state index in [4.69, 9.17) is 11.6 Å². The van der Waals surface area contributed by atoms with Gasteiger partial charge in [0.2, 0.25) is 0 Å². The minimum atomic E-state index is -0.358. The first-order chi connectivity index (χ1) is 13.5. The molecule has 1 atom stereocenters. The molecule has 0 saturated heterocycles. The quantitative estimate of drug-likeness (QED) is 0.623. The lowest BCUT2D eigenvalue weighted by Crippen LogP contribution is -2.34. The lowest BCUT2D eigenvalue weighted by molar-refractivity contribution is 0.0941. The van der Waals surface area contributed by atoms with Gasteiger partial charge in [0.15, 0.2) is 0 Å². The van der Waals surface area contributed by atoms with Crippen LogP contribution in [0.5, 0.6) is 0 Å². The summed E-state index contributed by atoms with van der Waals surface area (Å²) < 4.78 is 0. The average Bonchev–Trinajstić information content (AvgIpc) is 2.69. The van der Waals surface area contributed by atoms with Gasteiger partial charge in [0.05, 0.1) is 21.8 Å². The number of amides is 2. The number of nitrogens with one attached hydrogen (secondary N) is 2. The number of hydrogen-bond acceptors (Lipinski definition) is 2. The normalized spacial score (nSPS) is 11.5. The Kier molecular flexibility index (Phi) is 6.45. The Bertz CT molecular complexity index is 973. The van der Waals surface area contributed by atoms with Crippen LogP contribution in [0.3, 0.4) is 0 Å². The molecule has 0 fully saturated rings. The summed E-state index contributed by atoms with van der Waals surface area (Å²) in [5.74, 6) is -0.596. The Morgan fingerprint density at radius 3 is 2.14 bits per heavy atom. The Morgan fingerprint density at radius 2 is 1.43 bits per heavy atom. The van der Waals surface area contributed by atoms with Crippen LogP contribution in [0.15, 0.2) is 78.9 Å². The van der Waals surface area contributed by atoms with Gasteiger partial charge in [0, 0.05) is 6.04 Å². The smallest absolute Gasteiger partial charge is 0.257 e. The van der Waals surface area contributed by atoms with Gasteiger partial charge in [-0.25, -0.2) is 0 Å². The molecule has 28 heavy (non-hydrogen) atoms. The number of hydrogen-bond donors (Lipinski definition) is 2.